The summed E-state index contributed by atoms with van der Waals surface area (Å²) in [5, 5.41) is 0. The van der Waals surface area contributed by atoms with Crippen molar-refractivity contribution in [1.82, 2.24) is 4.72 Å². The maximum Gasteiger partial charge on any atom is 0.240 e. The molecule has 0 heterocycles. The second kappa shape index (κ2) is 8.17. The first-order chi connectivity index (χ1) is 11.5. The fourth-order valence-corrected chi connectivity index (χ4v) is 3.54. The Bertz CT molecular complexity index is 758. The number of hydrogen-bond acceptors (Lipinski definition) is 4. The average Bonchev–Trinajstić information content (AvgIpc) is 2.59. The third-order valence-electron chi connectivity index (χ3n) is 3.88. The van der Waals surface area contributed by atoms with Gasteiger partial charge < -0.3 is 9.64 Å². The van der Waals surface area contributed by atoms with E-state index in [-0.39, 0.29) is 4.90 Å². The lowest BCUT2D eigenvalue weighted by Gasteiger charge is -2.25. The number of nitrogens with zero attached hydrogens (tertiary/aromatic N) is 1. The molecule has 0 amide bonds. The monoisotopic (exact) mass is 348 g/mol. The number of sulfonamides is 1. The lowest BCUT2D eigenvalue weighted by atomic mass is 10.2. The summed E-state index contributed by atoms with van der Waals surface area (Å²) in [5.74, 6) is 0.630. The molecule has 0 unspecified atom stereocenters. The van der Waals surface area contributed by atoms with E-state index in [1.807, 2.05) is 12.1 Å². The highest BCUT2D eigenvalue weighted by atomic mass is 32.2. The Kier molecular flexibility index (Phi) is 6.23. The van der Waals surface area contributed by atoms with E-state index in [9.17, 15) is 8.42 Å². The van der Waals surface area contributed by atoms with Crippen molar-refractivity contribution in [3.63, 3.8) is 0 Å². The summed E-state index contributed by atoms with van der Waals surface area (Å²) in [6.45, 7) is 5.88. The van der Waals surface area contributed by atoms with E-state index >= 15 is 0 Å². The summed E-state index contributed by atoms with van der Waals surface area (Å²) >= 11 is 0. The molecule has 2 rings (SSSR count). The van der Waals surface area contributed by atoms with Crippen LogP contribution in [0, 0.1) is 6.92 Å². The van der Waals surface area contributed by atoms with Crippen LogP contribution in [-0.2, 0) is 10.0 Å². The zero-order valence-corrected chi connectivity index (χ0v) is 15.1. The van der Waals surface area contributed by atoms with Crippen LogP contribution in [0.2, 0.25) is 0 Å². The van der Waals surface area contributed by atoms with Crippen molar-refractivity contribution in [1.29, 1.82) is 0 Å². The lowest BCUT2D eigenvalue weighted by Crippen LogP contribution is -2.35. The fraction of sp³-hybridized carbons (Fsp3) is 0.333. The van der Waals surface area contributed by atoms with Gasteiger partial charge in [0.05, 0.1) is 12.0 Å². The number of aryl methyl sites for hydroxylation is 1. The molecule has 0 aromatic heterocycles. The molecule has 0 atom stereocenters. The molecule has 1 N–H and O–H groups in total. The molecule has 0 saturated heterocycles. The summed E-state index contributed by atoms with van der Waals surface area (Å²) in [6.07, 6.45) is 0. The van der Waals surface area contributed by atoms with Crippen LogP contribution in [0.25, 0.3) is 0 Å². The van der Waals surface area contributed by atoms with E-state index in [1.165, 1.54) is 5.56 Å². The van der Waals surface area contributed by atoms with Crippen LogP contribution in [0.1, 0.15) is 12.5 Å². The lowest BCUT2D eigenvalue weighted by molar-refractivity contribution is 0.414. The van der Waals surface area contributed by atoms with Gasteiger partial charge in [-0.25, -0.2) is 13.1 Å². The minimum absolute atomic E-state index is 0.238. The van der Waals surface area contributed by atoms with Crippen LogP contribution in [0.15, 0.2) is 53.4 Å². The molecule has 2 aromatic rings. The highest BCUT2D eigenvalue weighted by Crippen LogP contribution is 2.19. The fourth-order valence-electron chi connectivity index (χ4n) is 2.52. The number of para-hydroxylation sites is 1. The molecule has 0 fully saturated rings. The first-order valence-corrected chi connectivity index (χ1v) is 9.40. The molecule has 6 heteroatoms. The van der Waals surface area contributed by atoms with Crippen molar-refractivity contribution in [2.24, 2.45) is 0 Å². The SMILES string of the molecule is CCN(CCNS(=O)(=O)c1ccc(OC)cc1)c1ccccc1C. The minimum atomic E-state index is -3.51. The molecule has 0 radical (unpaired) electrons. The van der Waals surface area contributed by atoms with Crippen LogP contribution in [0.5, 0.6) is 5.75 Å². The molecule has 5 nitrogen and oxygen atoms in total. The van der Waals surface area contributed by atoms with E-state index in [2.05, 4.69) is 35.6 Å². The number of likely N-dealkylation sites (N-methyl/N-ethyl adjacent to an activating group) is 1. The second-order valence-electron chi connectivity index (χ2n) is 5.44. The summed E-state index contributed by atoms with van der Waals surface area (Å²) in [4.78, 5) is 2.40. The maximum atomic E-state index is 12.3. The summed E-state index contributed by atoms with van der Waals surface area (Å²) in [7, 11) is -1.97. The van der Waals surface area contributed by atoms with E-state index < -0.39 is 10.0 Å². The summed E-state index contributed by atoms with van der Waals surface area (Å²) in [6, 6.07) is 14.5. The van der Waals surface area contributed by atoms with Crippen LogP contribution in [-0.4, -0.2) is 35.2 Å². The predicted molar refractivity (Wildman–Crippen MR) is 97.2 cm³/mol. The third kappa shape index (κ3) is 4.49. The molecule has 0 spiro atoms. The molecule has 130 valence electrons. The molecule has 24 heavy (non-hydrogen) atoms. The van der Waals surface area contributed by atoms with Crippen molar-refractivity contribution < 1.29 is 13.2 Å². The molecular weight excluding hydrogens is 324 g/mol. The quantitative estimate of drug-likeness (QED) is 0.797. The highest BCUT2D eigenvalue weighted by Gasteiger charge is 2.14. The number of ether oxygens (including phenoxy) is 1. The van der Waals surface area contributed by atoms with Gasteiger partial charge in [-0.15, -0.1) is 0 Å². The van der Waals surface area contributed by atoms with E-state index in [4.69, 9.17) is 4.74 Å². The normalized spacial score (nSPS) is 11.3. The number of methoxy groups -OCH3 is 1. The van der Waals surface area contributed by atoms with Gasteiger partial charge in [0.25, 0.3) is 0 Å². The minimum Gasteiger partial charge on any atom is -0.497 e. The van der Waals surface area contributed by atoms with Crippen LogP contribution in [0.3, 0.4) is 0 Å². The zero-order valence-electron chi connectivity index (χ0n) is 14.3. The highest BCUT2D eigenvalue weighted by molar-refractivity contribution is 7.89. The van der Waals surface area contributed by atoms with Gasteiger partial charge in [0.1, 0.15) is 5.75 Å². The molecule has 0 aliphatic rings. The van der Waals surface area contributed by atoms with Crippen molar-refractivity contribution in [2.45, 2.75) is 18.7 Å². The van der Waals surface area contributed by atoms with Gasteiger partial charge in [0.15, 0.2) is 0 Å². The largest absolute Gasteiger partial charge is 0.497 e. The van der Waals surface area contributed by atoms with Crippen molar-refractivity contribution in [3.8, 4) is 5.75 Å². The maximum absolute atomic E-state index is 12.3. The van der Waals surface area contributed by atoms with Gasteiger partial charge in [0.2, 0.25) is 10.0 Å². The van der Waals surface area contributed by atoms with Gasteiger partial charge >= 0.3 is 0 Å². The van der Waals surface area contributed by atoms with Crippen LogP contribution in [0.4, 0.5) is 5.69 Å². The van der Waals surface area contributed by atoms with E-state index in [0.717, 1.165) is 12.2 Å². The standard InChI is InChI=1S/C18H24N2O3S/c1-4-20(18-8-6-5-7-15(18)2)14-13-19-24(21,22)17-11-9-16(23-3)10-12-17/h5-12,19H,4,13-14H2,1-3H3. The Morgan fingerprint density at radius 3 is 2.33 bits per heavy atom. The van der Waals surface area contributed by atoms with Crippen molar-refractivity contribution in [3.05, 3.63) is 54.1 Å². The Morgan fingerprint density at radius 2 is 1.75 bits per heavy atom. The number of hydrogen-bond donors (Lipinski definition) is 1. The number of benzene rings is 2. The smallest absolute Gasteiger partial charge is 0.240 e. The Labute approximate surface area is 144 Å². The predicted octanol–water partition coefficient (Wildman–Crippen LogP) is 2.81. The van der Waals surface area contributed by atoms with Crippen LogP contribution < -0.4 is 14.4 Å². The molecule has 0 aliphatic heterocycles. The van der Waals surface area contributed by atoms with Crippen molar-refractivity contribution in [2.75, 3.05) is 31.6 Å². The first-order valence-electron chi connectivity index (χ1n) is 7.92. The first kappa shape index (κ1) is 18.3. The number of rotatable bonds is 8. The van der Waals surface area contributed by atoms with Gasteiger partial charge in [-0.05, 0) is 49.7 Å². The molecule has 0 saturated carbocycles. The second-order valence-corrected chi connectivity index (χ2v) is 7.21. The molecule has 0 aliphatic carbocycles. The Balaban J connectivity index is 1.99. The molecular formula is C18H24N2O3S. The Hall–Kier alpha value is -2.05. The number of anilines is 1. The van der Waals surface area contributed by atoms with Gasteiger partial charge in [0, 0.05) is 25.3 Å². The summed E-state index contributed by atoms with van der Waals surface area (Å²) in [5.41, 5.74) is 2.31. The van der Waals surface area contributed by atoms with E-state index in [0.29, 0.717) is 18.8 Å². The zero-order chi connectivity index (χ0) is 17.6. The van der Waals surface area contributed by atoms with Crippen molar-refractivity contribution >= 4 is 15.7 Å². The number of nitrogens with one attached hydrogen (secondary N) is 1. The van der Waals surface area contributed by atoms with Gasteiger partial charge in [-0.1, -0.05) is 18.2 Å². The third-order valence-corrected chi connectivity index (χ3v) is 5.36. The summed E-state index contributed by atoms with van der Waals surface area (Å²) < 4.78 is 32.4. The van der Waals surface area contributed by atoms with Crippen LogP contribution >= 0.6 is 0 Å². The average molecular weight is 348 g/mol. The topological polar surface area (TPSA) is 58.6 Å². The Morgan fingerprint density at radius 1 is 1.08 bits per heavy atom. The van der Waals surface area contributed by atoms with E-state index in [1.54, 1.807) is 31.4 Å². The molecule has 0 bridgehead atoms. The van der Waals surface area contributed by atoms with Gasteiger partial charge in [-0.2, -0.15) is 0 Å². The molecule has 2 aromatic carbocycles. The van der Waals surface area contributed by atoms with Gasteiger partial charge in [-0.3, -0.25) is 0 Å².